The van der Waals surface area contributed by atoms with E-state index in [0.717, 1.165) is 28.8 Å². The van der Waals surface area contributed by atoms with Gasteiger partial charge in [-0.25, -0.2) is 0 Å². The van der Waals surface area contributed by atoms with Gasteiger partial charge in [-0.15, -0.1) is 0 Å². The van der Waals surface area contributed by atoms with Gasteiger partial charge in [0.1, 0.15) is 0 Å². The largest absolute Gasteiger partial charge is 0.294 e. The van der Waals surface area contributed by atoms with Gasteiger partial charge in [-0.05, 0) is 38.3 Å². The maximum Gasteiger partial charge on any atom is 0.168 e. The molecule has 2 nitrogen and oxygen atoms in total. The Kier molecular flexibility index (Phi) is 3.69. The van der Waals surface area contributed by atoms with Crippen LogP contribution >= 0.6 is 0 Å². The molecule has 2 aromatic rings. The summed E-state index contributed by atoms with van der Waals surface area (Å²) < 4.78 is 0. The lowest BCUT2D eigenvalue weighted by Crippen LogP contribution is -2.29. The topological polar surface area (TPSA) is 29.4 Å². The SMILES string of the molecule is Cc1ccc(C(=O)CC2=NC(C)(C)Cc3ccccc32)cc1. The number of benzene rings is 2. The first-order valence-corrected chi connectivity index (χ1v) is 7.71. The van der Waals surface area contributed by atoms with E-state index in [-0.39, 0.29) is 11.3 Å². The summed E-state index contributed by atoms with van der Waals surface area (Å²) in [6.45, 7) is 6.27. The summed E-state index contributed by atoms with van der Waals surface area (Å²) in [5.74, 6) is 0.131. The molecule has 2 heteroatoms. The van der Waals surface area contributed by atoms with Crippen LogP contribution in [0.1, 0.15) is 47.3 Å². The van der Waals surface area contributed by atoms with E-state index in [1.807, 2.05) is 37.3 Å². The number of ketones is 1. The highest BCUT2D eigenvalue weighted by molar-refractivity contribution is 6.16. The minimum absolute atomic E-state index is 0.131. The highest BCUT2D eigenvalue weighted by atomic mass is 16.1. The van der Waals surface area contributed by atoms with Crippen molar-refractivity contribution in [3.8, 4) is 0 Å². The van der Waals surface area contributed by atoms with E-state index < -0.39 is 0 Å². The van der Waals surface area contributed by atoms with E-state index in [2.05, 4.69) is 32.0 Å². The molecule has 1 aliphatic heterocycles. The summed E-state index contributed by atoms with van der Waals surface area (Å²) in [7, 11) is 0. The standard InChI is InChI=1S/C20H21NO/c1-14-8-10-15(11-9-14)19(22)12-18-17-7-5-4-6-16(17)13-20(2,3)21-18/h4-11H,12-13H2,1-3H3. The number of carbonyl (C=O) groups is 1. The third kappa shape index (κ3) is 3.01. The van der Waals surface area contributed by atoms with Crippen LogP contribution < -0.4 is 0 Å². The molecule has 0 aromatic heterocycles. The lowest BCUT2D eigenvalue weighted by molar-refractivity contribution is 0.100. The minimum atomic E-state index is -0.142. The second-order valence-corrected chi connectivity index (χ2v) is 6.67. The van der Waals surface area contributed by atoms with Gasteiger partial charge in [0.15, 0.2) is 5.78 Å². The summed E-state index contributed by atoms with van der Waals surface area (Å²) in [4.78, 5) is 17.4. The second kappa shape index (κ2) is 5.53. The Bertz CT molecular complexity index is 739. The Morgan fingerprint density at radius 3 is 2.50 bits per heavy atom. The van der Waals surface area contributed by atoms with E-state index in [1.165, 1.54) is 5.56 Å². The number of Topliss-reactive ketones (excluding diaryl/α,β-unsaturated/α-hetero) is 1. The maximum atomic E-state index is 12.6. The van der Waals surface area contributed by atoms with Crippen LogP contribution in [0, 0.1) is 6.92 Å². The summed E-state index contributed by atoms with van der Waals surface area (Å²) in [6, 6.07) is 16.1. The van der Waals surface area contributed by atoms with Crippen molar-refractivity contribution in [2.75, 3.05) is 0 Å². The van der Waals surface area contributed by atoms with E-state index in [0.29, 0.717) is 6.42 Å². The molecule has 0 aliphatic carbocycles. The molecule has 22 heavy (non-hydrogen) atoms. The Morgan fingerprint density at radius 1 is 1.09 bits per heavy atom. The molecule has 0 atom stereocenters. The first-order valence-electron chi connectivity index (χ1n) is 7.71. The lowest BCUT2D eigenvalue weighted by atomic mass is 9.85. The second-order valence-electron chi connectivity index (χ2n) is 6.67. The van der Waals surface area contributed by atoms with Crippen LogP contribution in [0.3, 0.4) is 0 Å². The summed E-state index contributed by atoms with van der Waals surface area (Å²) in [6.07, 6.45) is 1.29. The summed E-state index contributed by atoms with van der Waals surface area (Å²) in [5.41, 5.74) is 5.11. The highest BCUT2D eigenvalue weighted by Gasteiger charge is 2.27. The summed E-state index contributed by atoms with van der Waals surface area (Å²) >= 11 is 0. The van der Waals surface area contributed by atoms with Crippen LogP contribution in [-0.4, -0.2) is 17.0 Å². The first kappa shape index (κ1) is 14.7. The predicted octanol–water partition coefficient (Wildman–Crippen LogP) is 4.39. The van der Waals surface area contributed by atoms with Crippen molar-refractivity contribution in [1.82, 2.24) is 0 Å². The van der Waals surface area contributed by atoms with Crippen molar-refractivity contribution in [3.63, 3.8) is 0 Å². The fraction of sp³-hybridized carbons (Fsp3) is 0.300. The molecular weight excluding hydrogens is 270 g/mol. The molecule has 0 bridgehead atoms. The minimum Gasteiger partial charge on any atom is -0.294 e. The highest BCUT2D eigenvalue weighted by Crippen LogP contribution is 2.28. The monoisotopic (exact) mass is 291 g/mol. The fourth-order valence-electron chi connectivity index (χ4n) is 3.02. The molecule has 112 valence electrons. The van der Waals surface area contributed by atoms with Crippen LogP contribution in [0.2, 0.25) is 0 Å². The van der Waals surface area contributed by atoms with Crippen molar-refractivity contribution < 1.29 is 4.79 Å². The molecule has 0 saturated heterocycles. The Labute approximate surface area is 131 Å². The van der Waals surface area contributed by atoms with Gasteiger partial charge in [-0.1, -0.05) is 54.1 Å². The summed E-state index contributed by atoms with van der Waals surface area (Å²) in [5, 5.41) is 0. The van der Waals surface area contributed by atoms with E-state index in [1.54, 1.807) is 0 Å². The van der Waals surface area contributed by atoms with Gasteiger partial charge in [-0.3, -0.25) is 9.79 Å². The van der Waals surface area contributed by atoms with Gasteiger partial charge in [0.05, 0.1) is 17.7 Å². The Balaban J connectivity index is 1.91. The molecule has 1 heterocycles. The van der Waals surface area contributed by atoms with Crippen LogP contribution in [0.15, 0.2) is 53.5 Å². The molecule has 0 N–H and O–H groups in total. The third-order valence-corrected chi connectivity index (χ3v) is 4.09. The van der Waals surface area contributed by atoms with Crippen LogP contribution in [0.5, 0.6) is 0 Å². The van der Waals surface area contributed by atoms with Gasteiger partial charge in [0.2, 0.25) is 0 Å². The average molecular weight is 291 g/mol. The number of rotatable bonds is 3. The molecule has 0 unspecified atom stereocenters. The van der Waals surface area contributed by atoms with Gasteiger partial charge >= 0.3 is 0 Å². The van der Waals surface area contributed by atoms with Gasteiger partial charge in [0, 0.05) is 5.56 Å². The number of nitrogens with zero attached hydrogens (tertiary/aromatic N) is 1. The van der Waals surface area contributed by atoms with Crippen molar-refractivity contribution >= 4 is 11.5 Å². The van der Waals surface area contributed by atoms with Gasteiger partial charge in [-0.2, -0.15) is 0 Å². The third-order valence-electron chi connectivity index (χ3n) is 4.09. The van der Waals surface area contributed by atoms with Crippen LogP contribution in [0.25, 0.3) is 0 Å². The number of hydrogen-bond acceptors (Lipinski definition) is 2. The van der Waals surface area contributed by atoms with Gasteiger partial charge in [0.25, 0.3) is 0 Å². The molecule has 0 radical (unpaired) electrons. The zero-order valence-electron chi connectivity index (χ0n) is 13.4. The maximum absolute atomic E-state index is 12.6. The normalized spacial score (nSPS) is 15.9. The van der Waals surface area contributed by atoms with Crippen molar-refractivity contribution in [1.29, 1.82) is 0 Å². The van der Waals surface area contributed by atoms with E-state index >= 15 is 0 Å². The number of fused-ring (bicyclic) bond motifs is 1. The quantitative estimate of drug-likeness (QED) is 0.771. The smallest absolute Gasteiger partial charge is 0.168 e. The van der Waals surface area contributed by atoms with Gasteiger partial charge < -0.3 is 0 Å². The number of aliphatic imine (C=N–C) groups is 1. The molecule has 3 rings (SSSR count). The lowest BCUT2D eigenvalue weighted by Gasteiger charge is -2.29. The Hall–Kier alpha value is -2.22. The molecule has 2 aromatic carbocycles. The van der Waals surface area contributed by atoms with Crippen molar-refractivity contribution in [2.24, 2.45) is 4.99 Å². The van der Waals surface area contributed by atoms with Crippen LogP contribution in [-0.2, 0) is 6.42 Å². The zero-order valence-corrected chi connectivity index (χ0v) is 13.4. The molecular formula is C20H21NO. The fourth-order valence-corrected chi connectivity index (χ4v) is 3.02. The number of carbonyl (C=O) groups excluding carboxylic acids is 1. The van der Waals surface area contributed by atoms with Crippen molar-refractivity contribution in [2.45, 2.75) is 39.2 Å². The molecule has 0 saturated carbocycles. The van der Waals surface area contributed by atoms with E-state index in [9.17, 15) is 4.79 Å². The molecule has 0 fully saturated rings. The Morgan fingerprint density at radius 2 is 1.77 bits per heavy atom. The van der Waals surface area contributed by atoms with Crippen molar-refractivity contribution in [3.05, 3.63) is 70.8 Å². The number of hydrogen-bond donors (Lipinski definition) is 0. The van der Waals surface area contributed by atoms with E-state index in [4.69, 9.17) is 4.99 Å². The first-order chi connectivity index (χ1) is 10.4. The average Bonchev–Trinajstić information content (AvgIpc) is 2.46. The zero-order chi connectivity index (χ0) is 15.7. The predicted molar refractivity (Wildman–Crippen MR) is 90.9 cm³/mol. The number of aryl methyl sites for hydroxylation is 1. The molecule has 0 amide bonds. The molecule has 0 spiro atoms. The van der Waals surface area contributed by atoms with Crippen LogP contribution in [0.4, 0.5) is 0 Å². The molecule has 1 aliphatic rings.